The van der Waals surface area contributed by atoms with Crippen molar-refractivity contribution in [3.63, 3.8) is 0 Å². The van der Waals surface area contributed by atoms with Crippen LogP contribution >= 0.6 is 0 Å². The van der Waals surface area contributed by atoms with Crippen LogP contribution in [0.25, 0.3) is 32.6 Å². The number of benzene rings is 2. The monoisotopic (exact) mass is 290 g/mol. The van der Waals surface area contributed by atoms with Gasteiger partial charge in [0.2, 0.25) is 0 Å². The molecule has 108 valence electrons. The fourth-order valence-electron chi connectivity index (χ4n) is 3.10. The van der Waals surface area contributed by atoms with E-state index in [0.717, 1.165) is 33.2 Å². The first-order valence-electron chi connectivity index (χ1n) is 7.13. The number of hydrogen-bond donors (Lipinski definition) is 2. The number of H-pyrrole nitrogens is 2. The van der Waals surface area contributed by atoms with Crippen molar-refractivity contribution >= 4 is 32.6 Å². The van der Waals surface area contributed by atoms with Gasteiger partial charge in [-0.25, -0.2) is 0 Å². The molecule has 0 unspecified atom stereocenters. The van der Waals surface area contributed by atoms with E-state index in [1.807, 2.05) is 38.1 Å². The zero-order chi connectivity index (χ0) is 15.4. The van der Waals surface area contributed by atoms with Gasteiger partial charge in [-0.1, -0.05) is 12.1 Å². The molecule has 4 nitrogen and oxygen atoms in total. The number of aromatic amines is 2. The highest BCUT2D eigenvalue weighted by Gasteiger charge is 2.09. The summed E-state index contributed by atoms with van der Waals surface area (Å²) in [5.74, 6) is 0. The van der Waals surface area contributed by atoms with Crippen molar-refractivity contribution in [2.45, 2.75) is 13.8 Å². The van der Waals surface area contributed by atoms with Crippen LogP contribution in [-0.4, -0.2) is 9.97 Å². The van der Waals surface area contributed by atoms with Crippen molar-refractivity contribution in [2.75, 3.05) is 0 Å². The summed E-state index contributed by atoms with van der Waals surface area (Å²) in [6.07, 6.45) is 0. The summed E-state index contributed by atoms with van der Waals surface area (Å²) in [4.78, 5) is 30.8. The minimum absolute atomic E-state index is 0.00554. The molecule has 0 saturated carbocycles. The fourth-order valence-corrected chi connectivity index (χ4v) is 3.10. The number of rotatable bonds is 0. The zero-order valence-electron chi connectivity index (χ0n) is 12.3. The van der Waals surface area contributed by atoms with Crippen LogP contribution in [0.5, 0.6) is 0 Å². The lowest BCUT2D eigenvalue weighted by atomic mass is 10.0. The Morgan fingerprint density at radius 3 is 1.41 bits per heavy atom. The van der Waals surface area contributed by atoms with E-state index in [1.165, 1.54) is 0 Å². The third-order valence-corrected chi connectivity index (χ3v) is 4.07. The van der Waals surface area contributed by atoms with Gasteiger partial charge in [0.25, 0.3) is 0 Å². The summed E-state index contributed by atoms with van der Waals surface area (Å²) in [5.41, 5.74) is 3.28. The second kappa shape index (κ2) is 4.31. The summed E-state index contributed by atoms with van der Waals surface area (Å²) < 4.78 is 0. The molecule has 0 bridgehead atoms. The van der Waals surface area contributed by atoms with E-state index in [2.05, 4.69) is 9.97 Å². The minimum atomic E-state index is 0.00554. The smallest absolute Gasteiger partial charge is 0.189 e. The molecule has 0 saturated heterocycles. The number of pyridine rings is 2. The second-order valence-corrected chi connectivity index (χ2v) is 5.70. The normalized spacial score (nSPS) is 11.5. The van der Waals surface area contributed by atoms with Gasteiger partial charge >= 0.3 is 0 Å². The van der Waals surface area contributed by atoms with Gasteiger partial charge in [0.05, 0.1) is 11.0 Å². The molecule has 0 aliphatic carbocycles. The van der Waals surface area contributed by atoms with Crippen molar-refractivity contribution in [3.8, 4) is 0 Å². The van der Waals surface area contributed by atoms with E-state index in [-0.39, 0.29) is 10.9 Å². The molecular formula is C18H14N2O2. The van der Waals surface area contributed by atoms with E-state index in [9.17, 15) is 9.59 Å². The molecule has 22 heavy (non-hydrogen) atoms. The van der Waals surface area contributed by atoms with E-state index in [0.29, 0.717) is 10.8 Å². The first kappa shape index (κ1) is 12.8. The van der Waals surface area contributed by atoms with E-state index in [1.54, 1.807) is 12.1 Å². The second-order valence-electron chi connectivity index (χ2n) is 5.70. The van der Waals surface area contributed by atoms with Crippen LogP contribution in [0.15, 0.2) is 46.0 Å². The van der Waals surface area contributed by atoms with Crippen molar-refractivity contribution in [1.82, 2.24) is 9.97 Å². The summed E-state index contributed by atoms with van der Waals surface area (Å²) in [7, 11) is 0. The van der Waals surface area contributed by atoms with Gasteiger partial charge in [0.15, 0.2) is 10.9 Å². The average Bonchev–Trinajstić information content (AvgIpc) is 2.46. The number of fused-ring (bicyclic) bond motifs is 5. The Morgan fingerprint density at radius 1 is 0.636 bits per heavy atom. The van der Waals surface area contributed by atoms with Gasteiger partial charge in [0, 0.05) is 45.1 Å². The molecule has 0 fully saturated rings. The molecule has 0 atom stereocenters. The Morgan fingerprint density at radius 2 is 1.00 bits per heavy atom. The Balaban J connectivity index is 2.32. The van der Waals surface area contributed by atoms with Crippen molar-refractivity contribution in [2.24, 2.45) is 0 Å². The molecule has 0 aliphatic heterocycles. The van der Waals surface area contributed by atoms with Gasteiger partial charge in [-0.15, -0.1) is 0 Å². The molecule has 0 radical (unpaired) electrons. The Bertz CT molecular complexity index is 1090. The summed E-state index contributed by atoms with van der Waals surface area (Å²) >= 11 is 0. The van der Waals surface area contributed by atoms with Crippen molar-refractivity contribution in [1.29, 1.82) is 0 Å². The van der Waals surface area contributed by atoms with Gasteiger partial charge in [-0.2, -0.15) is 0 Å². The van der Waals surface area contributed by atoms with E-state index >= 15 is 0 Å². The van der Waals surface area contributed by atoms with Crippen molar-refractivity contribution < 1.29 is 0 Å². The van der Waals surface area contributed by atoms with Crippen LogP contribution in [0.3, 0.4) is 0 Å². The highest BCUT2D eigenvalue weighted by Crippen LogP contribution is 2.27. The van der Waals surface area contributed by atoms with E-state index in [4.69, 9.17) is 0 Å². The molecule has 4 rings (SSSR count). The van der Waals surface area contributed by atoms with Crippen LogP contribution in [0, 0.1) is 13.8 Å². The van der Waals surface area contributed by atoms with Gasteiger partial charge in [0.1, 0.15) is 0 Å². The van der Waals surface area contributed by atoms with Crippen LogP contribution in [0.1, 0.15) is 11.4 Å². The third-order valence-electron chi connectivity index (χ3n) is 4.07. The third kappa shape index (κ3) is 1.70. The summed E-state index contributed by atoms with van der Waals surface area (Å²) in [6, 6.07) is 10.6. The molecule has 0 spiro atoms. The maximum atomic E-state index is 12.1. The molecule has 0 amide bonds. The first-order valence-corrected chi connectivity index (χ1v) is 7.13. The average molecular weight is 290 g/mol. The van der Waals surface area contributed by atoms with Crippen LogP contribution in [-0.2, 0) is 0 Å². The maximum absolute atomic E-state index is 12.1. The van der Waals surface area contributed by atoms with Crippen LogP contribution in [0.2, 0.25) is 0 Å². The molecule has 2 aromatic heterocycles. The largest absolute Gasteiger partial charge is 0.358 e. The van der Waals surface area contributed by atoms with Crippen LogP contribution in [0.4, 0.5) is 0 Å². The standard InChI is InChI=1S/C18H14N2O2/c1-9-7-15(21)13-5-4-12-11(17(13)19-9)3-6-14-16(22)8-10(2)20-18(12)14/h3-8H,1-2H3,(H,19,21)(H,20,22). The Labute approximate surface area is 125 Å². The molecule has 2 heterocycles. The van der Waals surface area contributed by atoms with Gasteiger partial charge in [-0.3, -0.25) is 9.59 Å². The van der Waals surface area contributed by atoms with Crippen LogP contribution < -0.4 is 10.9 Å². The lowest BCUT2D eigenvalue weighted by Crippen LogP contribution is -2.05. The number of aryl methyl sites for hydroxylation is 2. The molecule has 0 aliphatic rings. The molecule has 2 N–H and O–H groups in total. The van der Waals surface area contributed by atoms with Gasteiger partial charge in [-0.05, 0) is 26.0 Å². The molecular weight excluding hydrogens is 276 g/mol. The highest BCUT2D eigenvalue weighted by atomic mass is 16.1. The van der Waals surface area contributed by atoms with Gasteiger partial charge < -0.3 is 9.97 Å². The Hall–Kier alpha value is -2.88. The molecule has 4 aromatic rings. The first-order chi connectivity index (χ1) is 10.5. The Kier molecular flexibility index (Phi) is 2.51. The van der Waals surface area contributed by atoms with E-state index < -0.39 is 0 Å². The topological polar surface area (TPSA) is 65.7 Å². The predicted octanol–water partition coefficient (Wildman–Crippen LogP) is 3.14. The maximum Gasteiger partial charge on any atom is 0.189 e. The lowest BCUT2D eigenvalue weighted by Gasteiger charge is -2.08. The number of aromatic nitrogens is 2. The fraction of sp³-hybridized carbons (Fsp3) is 0.111. The quantitative estimate of drug-likeness (QED) is 0.489. The number of nitrogens with one attached hydrogen (secondary N) is 2. The molecule has 4 heteroatoms. The molecule has 2 aromatic carbocycles. The predicted molar refractivity (Wildman–Crippen MR) is 89.7 cm³/mol. The summed E-state index contributed by atoms with van der Waals surface area (Å²) in [6.45, 7) is 3.74. The summed E-state index contributed by atoms with van der Waals surface area (Å²) in [5, 5.41) is 3.19. The van der Waals surface area contributed by atoms with Crippen molar-refractivity contribution in [3.05, 3.63) is 68.2 Å². The SMILES string of the molecule is Cc1cc(=O)c2ccc3c(ccc4c(=O)cc(C)[nH]c43)c2[nH]1. The zero-order valence-corrected chi connectivity index (χ0v) is 12.3. The minimum Gasteiger partial charge on any atom is -0.358 e. The highest BCUT2D eigenvalue weighted by molar-refractivity contribution is 6.14. The number of hydrogen-bond acceptors (Lipinski definition) is 2. The lowest BCUT2D eigenvalue weighted by molar-refractivity contribution is 1.24.